The van der Waals surface area contributed by atoms with E-state index in [9.17, 15) is 14.7 Å². The standard InChI is InChI=1S/C21H25N3O3/c1-2-21-8-4-5-11-12(20(27)23-22)9-13-17-14(6-3-7-15(17)25)24(16(26)10-21)19(13)18(11)21/h3,6-7,11-12,18,25H,2,4-5,8-10,22H2,1H3,(H,23,27)/t11-,12+,18-,21+/m0/s1. The summed E-state index contributed by atoms with van der Waals surface area (Å²) < 4.78 is 1.85. The van der Waals surface area contributed by atoms with Crippen molar-refractivity contribution in [3.8, 4) is 5.75 Å². The Morgan fingerprint density at radius 3 is 3.00 bits per heavy atom. The Hall–Kier alpha value is -2.34. The molecule has 4 atom stereocenters. The second-order valence-electron chi connectivity index (χ2n) is 8.51. The number of hydrogen-bond donors (Lipinski definition) is 3. The third-order valence-corrected chi connectivity index (χ3v) is 7.58. The van der Waals surface area contributed by atoms with Crippen LogP contribution in [0.2, 0.25) is 0 Å². The zero-order valence-corrected chi connectivity index (χ0v) is 15.5. The molecule has 1 aromatic carbocycles. The molecule has 2 aliphatic carbocycles. The van der Waals surface area contributed by atoms with E-state index in [0.29, 0.717) is 12.8 Å². The van der Waals surface area contributed by atoms with Gasteiger partial charge in [-0.25, -0.2) is 5.84 Å². The van der Waals surface area contributed by atoms with Crippen LogP contribution in [0, 0.1) is 17.3 Å². The highest BCUT2D eigenvalue weighted by Crippen LogP contribution is 2.63. The largest absolute Gasteiger partial charge is 0.507 e. The van der Waals surface area contributed by atoms with Crippen LogP contribution < -0.4 is 11.3 Å². The molecule has 0 spiro atoms. The summed E-state index contributed by atoms with van der Waals surface area (Å²) in [4.78, 5) is 25.9. The van der Waals surface area contributed by atoms with Crippen molar-refractivity contribution < 1.29 is 14.7 Å². The Balaban J connectivity index is 1.86. The van der Waals surface area contributed by atoms with Crippen LogP contribution in [0.3, 0.4) is 0 Å². The molecule has 0 bridgehead atoms. The number of nitrogens with one attached hydrogen (secondary N) is 1. The van der Waals surface area contributed by atoms with Gasteiger partial charge in [-0.1, -0.05) is 19.4 Å². The first-order valence-electron chi connectivity index (χ1n) is 9.91. The zero-order valence-electron chi connectivity index (χ0n) is 15.5. The van der Waals surface area contributed by atoms with Gasteiger partial charge < -0.3 is 5.11 Å². The Morgan fingerprint density at radius 2 is 2.26 bits per heavy atom. The number of nitrogens with zero attached hydrogens (tertiary/aromatic N) is 1. The predicted molar refractivity (Wildman–Crippen MR) is 101 cm³/mol. The van der Waals surface area contributed by atoms with Gasteiger partial charge in [0.15, 0.2) is 0 Å². The molecule has 142 valence electrons. The SMILES string of the molecule is CC[C@]12CCC[C@@H]3[C@H]1c1c(c4c(O)cccc4n1C(=O)C2)C[C@H]3C(=O)NN. The molecule has 3 aliphatic rings. The van der Waals surface area contributed by atoms with E-state index in [1.165, 1.54) is 0 Å². The van der Waals surface area contributed by atoms with E-state index in [1.807, 2.05) is 10.6 Å². The average Bonchev–Trinajstić information content (AvgIpc) is 3.02. The second kappa shape index (κ2) is 5.58. The summed E-state index contributed by atoms with van der Waals surface area (Å²) in [6.45, 7) is 2.16. The molecule has 27 heavy (non-hydrogen) atoms. The summed E-state index contributed by atoms with van der Waals surface area (Å²) >= 11 is 0. The van der Waals surface area contributed by atoms with Gasteiger partial charge in [0.25, 0.3) is 0 Å². The molecule has 6 nitrogen and oxygen atoms in total. The minimum atomic E-state index is -0.217. The fourth-order valence-electron chi connectivity index (χ4n) is 6.48. The fourth-order valence-corrected chi connectivity index (χ4v) is 6.48. The van der Waals surface area contributed by atoms with Crippen LogP contribution >= 0.6 is 0 Å². The number of aromatic hydroxyl groups is 1. The van der Waals surface area contributed by atoms with Crippen LogP contribution in [0.1, 0.15) is 61.0 Å². The molecular formula is C21H25N3O3. The first kappa shape index (κ1) is 16.8. The number of fused-ring (bicyclic) bond motifs is 3. The molecule has 2 aromatic rings. The lowest BCUT2D eigenvalue weighted by atomic mass is 9.51. The number of nitrogens with two attached hydrogens (primary N) is 1. The van der Waals surface area contributed by atoms with Crippen LogP contribution in [0.25, 0.3) is 10.9 Å². The molecule has 4 N–H and O–H groups in total. The summed E-state index contributed by atoms with van der Waals surface area (Å²) in [6, 6.07) is 5.34. The maximum atomic E-state index is 13.2. The topological polar surface area (TPSA) is 97.3 Å². The summed E-state index contributed by atoms with van der Waals surface area (Å²) in [7, 11) is 0. The Labute approximate surface area is 157 Å². The van der Waals surface area contributed by atoms with Crippen LogP contribution in [-0.2, 0) is 11.2 Å². The maximum Gasteiger partial charge on any atom is 0.237 e. The lowest BCUT2D eigenvalue weighted by Gasteiger charge is -2.54. The molecule has 2 heterocycles. The summed E-state index contributed by atoms with van der Waals surface area (Å²) in [6.07, 6.45) is 4.98. The third kappa shape index (κ3) is 1.99. The molecule has 1 aliphatic heterocycles. The number of phenols is 1. The summed E-state index contributed by atoms with van der Waals surface area (Å²) in [5.74, 6) is 5.82. The predicted octanol–water partition coefficient (Wildman–Crippen LogP) is 2.83. The van der Waals surface area contributed by atoms with E-state index in [0.717, 1.165) is 47.8 Å². The number of hydrazine groups is 1. The minimum absolute atomic E-state index is 0.0949. The van der Waals surface area contributed by atoms with E-state index < -0.39 is 0 Å². The van der Waals surface area contributed by atoms with Gasteiger partial charge in [-0.3, -0.25) is 19.6 Å². The first-order chi connectivity index (χ1) is 13.0. The van der Waals surface area contributed by atoms with E-state index in [2.05, 4.69) is 12.3 Å². The number of amides is 1. The number of benzene rings is 1. The van der Waals surface area contributed by atoms with Gasteiger partial charge in [0.2, 0.25) is 11.8 Å². The molecular weight excluding hydrogens is 342 g/mol. The van der Waals surface area contributed by atoms with Crippen molar-refractivity contribution in [3.05, 3.63) is 29.5 Å². The monoisotopic (exact) mass is 367 g/mol. The van der Waals surface area contributed by atoms with Gasteiger partial charge in [-0.05, 0) is 54.7 Å². The van der Waals surface area contributed by atoms with E-state index in [-0.39, 0.29) is 40.7 Å². The van der Waals surface area contributed by atoms with Crippen LogP contribution in [0.15, 0.2) is 18.2 Å². The number of aromatic nitrogens is 1. The highest BCUT2D eigenvalue weighted by molar-refractivity contribution is 6.01. The van der Waals surface area contributed by atoms with Crippen molar-refractivity contribution in [1.82, 2.24) is 9.99 Å². The third-order valence-electron chi connectivity index (χ3n) is 7.58. The molecule has 1 saturated carbocycles. The highest BCUT2D eigenvalue weighted by atomic mass is 16.3. The summed E-state index contributed by atoms with van der Waals surface area (Å²) in [5, 5.41) is 11.3. The summed E-state index contributed by atoms with van der Waals surface area (Å²) in [5.41, 5.74) is 5.06. The lowest BCUT2D eigenvalue weighted by molar-refractivity contribution is -0.129. The number of hydrogen-bond acceptors (Lipinski definition) is 4. The van der Waals surface area contributed by atoms with Crippen molar-refractivity contribution >= 4 is 22.7 Å². The lowest BCUT2D eigenvalue weighted by Crippen LogP contribution is -2.52. The highest BCUT2D eigenvalue weighted by Gasteiger charge is 2.57. The normalized spacial score (nSPS) is 31.6. The van der Waals surface area contributed by atoms with Crippen LogP contribution in [0.4, 0.5) is 0 Å². The van der Waals surface area contributed by atoms with Gasteiger partial charge in [-0.2, -0.15) is 0 Å². The number of phenolic OH excluding ortho intramolecular Hbond substituents is 1. The van der Waals surface area contributed by atoms with Crippen LogP contribution in [-0.4, -0.2) is 21.5 Å². The number of carbonyl (C=O) groups is 2. The molecule has 0 radical (unpaired) electrons. The van der Waals surface area contributed by atoms with E-state index in [1.54, 1.807) is 12.1 Å². The zero-order chi connectivity index (χ0) is 18.9. The number of carbonyl (C=O) groups excluding carboxylic acids is 2. The minimum Gasteiger partial charge on any atom is -0.507 e. The Morgan fingerprint density at radius 1 is 1.44 bits per heavy atom. The molecule has 1 fully saturated rings. The first-order valence-corrected chi connectivity index (χ1v) is 9.91. The van der Waals surface area contributed by atoms with Crippen LogP contribution in [0.5, 0.6) is 5.75 Å². The fraction of sp³-hybridized carbons (Fsp3) is 0.524. The molecule has 5 rings (SSSR count). The molecule has 0 unspecified atom stereocenters. The Kier molecular flexibility index (Phi) is 3.47. The van der Waals surface area contributed by atoms with Gasteiger partial charge >= 0.3 is 0 Å². The van der Waals surface area contributed by atoms with E-state index >= 15 is 0 Å². The van der Waals surface area contributed by atoms with Gasteiger partial charge in [-0.15, -0.1) is 0 Å². The van der Waals surface area contributed by atoms with E-state index in [4.69, 9.17) is 5.84 Å². The van der Waals surface area contributed by atoms with Crippen molar-refractivity contribution in [2.24, 2.45) is 23.1 Å². The van der Waals surface area contributed by atoms with Crippen molar-refractivity contribution in [1.29, 1.82) is 0 Å². The van der Waals surface area contributed by atoms with Crippen molar-refractivity contribution in [2.45, 2.75) is 51.4 Å². The molecule has 6 heteroatoms. The van der Waals surface area contributed by atoms with Gasteiger partial charge in [0, 0.05) is 29.3 Å². The van der Waals surface area contributed by atoms with Crippen molar-refractivity contribution in [2.75, 3.05) is 0 Å². The molecule has 0 saturated heterocycles. The second-order valence-corrected chi connectivity index (χ2v) is 8.51. The van der Waals surface area contributed by atoms with Gasteiger partial charge in [0.1, 0.15) is 5.75 Å². The molecule has 1 aromatic heterocycles. The Bertz CT molecular complexity index is 979. The van der Waals surface area contributed by atoms with Crippen molar-refractivity contribution in [3.63, 3.8) is 0 Å². The average molecular weight is 367 g/mol. The number of rotatable bonds is 2. The maximum absolute atomic E-state index is 13.2. The smallest absolute Gasteiger partial charge is 0.237 e. The quantitative estimate of drug-likeness (QED) is 0.432. The van der Waals surface area contributed by atoms with Gasteiger partial charge in [0.05, 0.1) is 5.52 Å². The molecule has 1 amide bonds.